The van der Waals surface area contributed by atoms with Crippen molar-refractivity contribution in [2.24, 2.45) is 5.73 Å². The molecular formula is C20H25NO5. The van der Waals surface area contributed by atoms with Gasteiger partial charge in [-0.1, -0.05) is 36.4 Å². The maximum absolute atomic E-state index is 11.5. The maximum Gasteiger partial charge on any atom is 0.325 e. The molecule has 1 heterocycles. The van der Waals surface area contributed by atoms with Gasteiger partial charge in [0.25, 0.3) is 0 Å². The number of carbonyl (C=O) groups is 1. The Morgan fingerprint density at radius 3 is 2.23 bits per heavy atom. The van der Waals surface area contributed by atoms with Crippen molar-refractivity contribution in [3.8, 4) is 11.5 Å². The fourth-order valence-electron chi connectivity index (χ4n) is 2.37. The molecule has 6 heteroatoms. The van der Waals surface area contributed by atoms with Gasteiger partial charge < -0.3 is 25.1 Å². The van der Waals surface area contributed by atoms with Gasteiger partial charge in [-0.3, -0.25) is 4.79 Å². The molecule has 3 N–H and O–H groups in total. The summed E-state index contributed by atoms with van der Waals surface area (Å²) in [6, 6.07) is 17.5. The molecule has 3 atom stereocenters. The van der Waals surface area contributed by atoms with Crippen LogP contribution in [0.25, 0.3) is 0 Å². The van der Waals surface area contributed by atoms with Crippen LogP contribution in [0.15, 0.2) is 60.7 Å². The Morgan fingerprint density at radius 1 is 1.04 bits per heavy atom. The molecule has 6 nitrogen and oxygen atoms in total. The Bertz CT molecular complexity index is 650. The van der Waals surface area contributed by atoms with Crippen LogP contribution in [0.2, 0.25) is 0 Å². The molecule has 3 rings (SSSR count). The van der Waals surface area contributed by atoms with Crippen LogP contribution in [-0.2, 0) is 14.3 Å². The number of phenols is 1. The van der Waals surface area contributed by atoms with E-state index in [4.69, 9.17) is 25.1 Å². The van der Waals surface area contributed by atoms with Crippen molar-refractivity contribution in [2.45, 2.75) is 31.6 Å². The van der Waals surface area contributed by atoms with Gasteiger partial charge in [-0.15, -0.1) is 0 Å². The summed E-state index contributed by atoms with van der Waals surface area (Å²) in [5, 5.41) is 8.63. The van der Waals surface area contributed by atoms with Gasteiger partial charge in [-0.2, -0.15) is 0 Å². The molecule has 2 unspecified atom stereocenters. The van der Waals surface area contributed by atoms with E-state index in [0.29, 0.717) is 18.8 Å². The number of hydrogen-bond acceptors (Lipinski definition) is 6. The Hall–Kier alpha value is -2.57. The molecule has 1 fully saturated rings. The predicted molar refractivity (Wildman–Crippen MR) is 97.9 cm³/mol. The Labute approximate surface area is 153 Å². The molecule has 2 aromatic rings. The van der Waals surface area contributed by atoms with Crippen molar-refractivity contribution >= 4 is 5.97 Å². The van der Waals surface area contributed by atoms with Gasteiger partial charge in [0.15, 0.2) is 0 Å². The molecule has 0 spiro atoms. The van der Waals surface area contributed by atoms with Gasteiger partial charge >= 0.3 is 5.97 Å². The molecule has 1 aliphatic rings. The highest BCUT2D eigenvalue weighted by molar-refractivity contribution is 5.75. The second-order valence-electron chi connectivity index (χ2n) is 6.02. The number of para-hydroxylation sites is 2. The average molecular weight is 359 g/mol. The molecule has 0 aromatic heterocycles. The first-order valence-corrected chi connectivity index (χ1v) is 8.54. The summed E-state index contributed by atoms with van der Waals surface area (Å²) >= 11 is 0. The van der Waals surface area contributed by atoms with Gasteiger partial charge in [0, 0.05) is 6.42 Å². The van der Waals surface area contributed by atoms with E-state index in [1.165, 1.54) is 0 Å². The smallest absolute Gasteiger partial charge is 0.325 e. The van der Waals surface area contributed by atoms with E-state index in [0.717, 1.165) is 5.75 Å². The van der Waals surface area contributed by atoms with Gasteiger partial charge in [0.1, 0.15) is 29.7 Å². The van der Waals surface area contributed by atoms with Gasteiger partial charge in [0.05, 0.1) is 13.2 Å². The van der Waals surface area contributed by atoms with Crippen molar-refractivity contribution in [2.75, 3.05) is 13.2 Å². The van der Waals surface area contributed by atoms with Crippen LogP contribution in [-0.4, -0.2) is 42.5 Å². The molecule has 0 saturated carbocycles. The molecule has 0 aliphatic carbocycles. The topological polar surface area (TPSA) is 91.0 Å². The number of carbonyl (C=O) groups excluding carboxylic acids is 1. The highest BCUT2D eigenvalue weighted by Gasteiger charge is 2.25. The maximum atomic E-state index is 11.5. The Balaban J connectivity index is 0.000000290. The second kappa shape index (κ2) is 10.4. The first-order chi connectivity index (χ1) is 12.5. The SMILES string of the molecule is CC1CC(Oc2ccccc2)COC[C@H](N)C(=O)O1.Oc1ccccc1. The molecule has 26 heavy (non-hydrogen) atoms. The summed E-state index contributed by atoms with van der Waals surface area (Å²) in [5.74, 6) is 0.675. The van der Waals surface area contributed by atoms with Gasteiger partial charge in [-0.25, -0.2) is 0 Å². The van der Waals surface area contributed by atoms with Crippen LogP contribution in [0.5, 0.6) is 11.5 Å². The third-order valence-electron chi connectivity index (χ3n) is 3.62. The predicted octanol–water partition coefficient (Wildman–Crippen LogP) is 2.51. The first-order valence-electron chi connectivity index (χ1n) is 8.54. The van der Waals surface area contributed by atoms with E-state index in [2.05, 4.69) is 0 Å². The third kappa shape index (κ3) is 7.13. The van der Waals surface area contributed by atoms with E-state index >= 15 is 0 Å². The largest absolute Gasteiger partial charge is 0.508 e. The van der Waals surface area contributed by atoms with E-state index in [9.17, 15) is 4.79 Å². The summed E-state index contributed by atoms with van der Waals surface area (Å²) in [6.07, 6.45) is 0.178. The van der Waals surface area contributed by atoms with Crippen LogP contribution in [0.3, 0.4) is 0 Å². The number of ether oxygens (including phenoxy) is 3. The lowest BCUT2D eigenvalue weighted by Crippen LogP contribution is -2.37. The zero-order valence-electron chi connectivity index (χ0n) is 14.8. The number of nitrogens with two attached hydrogens (primary N) is 1. The normalized spacial score (nSPS) is 23.3. The molecule has 1 aliphatic heterocycles. The van der Waals surface area contributed by atoms with Gasteiger partial charge in [0.2, 0.25) is 0 Å². The van der Waals surface area contributed by atoms with Crippen LogP contribution >= 0.6 is 0 Å². The molecule has 0 radical (unpaired) electrons. The minimum absolute atomic E-state index is 0.153. The monoisotopic (exact) mass is 359 g/mol. The zero-order valence-corrected chi connectivity index (χ0v) is 14.8. The standard InChI is InChI=1S/C14H19NO4.C6H6O/c1-10-7-12(19-11-5-3-2-4-6-11)8-17-9-13(15)14(16)18-10;7-6-4-2-1-3-5-6/h2-6,10,12-13H,7-9,15H2,1H3;1-5,7H/t10?,12?,13-;/m0./s1. The minimum atomic E-state index is -0.724. The van der Waals surface area contributed by atoms with E-state index < -0.39 is 12.0 Å². The molecule has 2 aromatic carbocycles. The van der Waals surface area contributed by atoms with Crippen molar-refractivity contribution in [1.29, 1.82) is 0 Å². The number of phenolic OH excluding ortho intramolecular Hbond substituents is 1. The minimum Gasteiger partial charge on any atom is -0.508 e. The summed E-state index contributed by atoms with van der Waals surface area (Å²) in [4.78, 5) is 11.5. The number of esters is 1. The fraction of sp³-hybridized carbons (Fsp3) is 0.350. The van der Waals surface area contributed by atoms with Crippen molar-refractivity contribution in [3.05, 3.63) is 60.7 Å². The number of aromatic hydroxyl groups is 1. The van der Waals surface area contributed by atoms with E-state index in [1.807, 2.05) is 43.3 Å². The van der Waals surface area contributed by atoms with Crippen molar-refractivity contribution in [1.82, 2.24) is 0 Å². The number of hydrogen-bond donors (Lipinski definition) is 2. The summed E-state index contributed by atoms with van der Waals surface area (Å²) < 4.78 is 16.5. The quantitative estimate of drug-likeness (QED) is 0.801. The molecule has 1 saturated heterocycles. The molecule has 140 valence electrons. The van der Waals surface area contributed by atoms with Crippen molar-refractivity contribution in [3.63, 3.8) is 0 Å². The van der Waals surface area contributed by atoms with Crippen LogP contribution < -0.4 is 10.5 Å². The average Bonchev–Trinajstić information content (AvgIpc) is 2.68. The lowest BCUT2D eigenvalue weighted by molar-refractivity contribution is -0.150. The highest BCUT2D eigenvalue weighted by Crippen LogP contribution is 2.16. The van der Waals surface area contributed by atoms with E-state index in [-0.39, 0.29) is 18.8 Å². The van der Waals surface area contributed by atoms with Crippen LogP contribution in [0.4, 0.5) is 0 Å². The molecule has 0 bridgehead atoms. The summed E-state index contributed by atoms with van der Waals surface area (Å²) in [7, 11) is 0. The Morgan fingerprint density at radius 2 is 1.65 bits per heavy atom. The first kappa shape index (κ1) is 19.8. The Kier molecular flexibility index (Phi) is 7.92. The van der Waals surface area contributed by atoms with Gasteiger partial charge in [-0.05, 0) is 31.2 Å². The summed E-state index contributed by atoms with van der Waals surface area (Å²) in [6.45, 7) is 2.38. The number of cyclic esters (lactones) is 1. The van der Waals surface area contributed by atoms with Crippen LogP contribution in [0, 0.1) is 0 Å². The highest BCUT2D eigenvalue weighted by atomic mass is 16.6. The molecular weight excluding hydrogens is 334 g/mol. The van der Waals surface area contributed by atoms with Crippen LogP contribution in [0.1, 0.15) is 13.3 Å². The second-order valence-corrected chi connectivity index (χ2v) is 6.02. The third-order valence-corrected chi connectivity index (χ3v) is 3.62. The summed E-state index contributed by atoms with van der Waals surface area (Å²) in [5.41, 5.74) is 5.64. The van der Waals surface area contributed by atoms with Crippen molar-refractivity contribution < 1.29 is 24.1 Å². The van der Waals surface area contributed by atoms with E-state index in [1.54, 1.807) is 24.3 Å². The molecule has 0 amide bonds. The zero-order chi connectivity index (χ0) is 18.8. The lowest BCUT2D eigenvalue weighted by atomic mass is 10.2. The fourth-order valence-corrected chi connectivity index (χ4v) is 2.37. The number of rotatable bonds is 2. The lowest BCUT2D eigenvalue weighted by Gasteiger charge is -2.20. The number of benzene rings is 2.